The first-order valence-corrected chi connectivity index (χ1v) is 7.47. The molecule has 2 rings (SSSR count). The van der Waals surface area contributed by atoms with Crippen LogP contribution in [0.2, 0.25) is 0 Å². The van der Waals surface area contributed by atoms with Crippen LogP contribution < -0.4 is 4.74 Å². The zero-order chi connectivity index (χ0) is 13.3. The molecule has 0 fully saturated rings. The Morgan fingerprint density at radius 2 is 1.83 bits per heavy atom. The van der Waals surface area contributed by atoms with E-state index in [4.69, 9.17) is 4.74 Å². The molecule has 0 aliphatic carbocycles. The van der Waals surface area contributed by atoms with Crippen LogP contribution in [0.25, 0.3) is 0 Å². The Hall–Kier alpha value is -0.580. The van der Waals surface area contributed by atoms with Crippen LogP contribution >= 0.6 is 59.1 Å². The van der Waals surface area contributed by atoms with E-state index in [0.717, 1.165) is 0 Å². The number of hydrogen-bond donors (Lipinski definition) is 0. The fourth-order valence-corrected chi connectivity index (χ4v) is 3.32. The van der Waals surface area contributed by atoms with Crippen molar-refractivity contribution >= 4 is 64.8 Å². The first-order chi connectivity index (χ1) is 8.47. The predicted molar refractivity (Wildman–Crippen MR) is 76.2 cm³/mol. The van der Waals surface area contributed by atoms with Gasteiger partial charge in [-0.3, -0.25) is 10.1 Å². The lowest BCUT2D eigenvalue weighted by Gasteiger charge is -2.06. The number of aromatic nitrogens is 2. The summed E-state index contributed by atoms with van der Waals surface area (Å²) in [6.07, 6.45) is 0. The molecule has 1 aromatic carbocycles. The summed E-state index contributed by atoms with van der Waals surface area (Å²) in [7, 11) is 0. The molecule has 0 saturated carbocycles. The van der Waals surface area contributed by atoms with E-state index in [2.05, 4.69) is 58.0 Å². The van der Waals surface area contributed by atoms with E-state index in [1.165, 1.54) is 23.5 Å². The van der Waals surface area contributed by atoms with Crippen LogP contribution in [0.3, 0.4) is 0 Å². The maximum Gasteiger partial charge on any atom is 0.300 e. The second-order valence-corrected chi connectivity index (χ2v) is 6.84. The fourth-order valence-electron chi connectivity index (χ4n) is 1.07. The van der Waals surface area contributed by atoms with Crippen LogP contribution in [0.15, 0.2) is 25.0 Å². The van der Waals surface area contributed by atoms with Gasteiger partial charge < -0.3 is 4.74 Å². The van der Waals surface area contributed by atoms with Crippen molar-refractivity contribution in [1.29, 1.82) is 0 Å². The molecule has 1 aromatic heterocycles. The number of nitro benzene ring substituents is 1. The van der Waals surface area contributed by atoms with Crippen molar-refractivity contribution in [1.82, 2.24) is 10.2 Å². The van der Waals surface area contributed by atoms with Crippen molar-refractivity contribution in [3.8, 4) is 10.9 Å². The van der Waals surface area contributed by atoms with E-state index in [0.29, 0.717) is 23.8 Å². The van der Waals surface area contributed by atoms with Gasteiger partial charge in [-0.15, -0.1) is 5.10 Å². The van der Waals surface area contributed by atoms with Crippen LogP contribution in [0.1, 0.15) is 0 Å². The molecule has 0 radical (unpaired) electrons. The predicted octanol–water partition coefficient (Wildman–Crippen LogP) is 4.53. The molecule has 0 saturated heterocycles. The van der Waals surface area contributed by atoms with E-state index in [1.54, 1.807) is 0 Å². The number of non-ortho nitro benzene ring substituents is 1. The van der Waals surface area contributed by atoms with Crippen molar-refractivity contribution in [2.45, 2.75) is 0 Å². The highest BCUT2D eigenvalue weighted by molar-refractivity contribution is 9.11. The minimum atomic E-state index is -0.485. The minimum Gasteiger partial charge on any atom is -0.427 e. The Kier molecular flexibility index (Phi) is 4.30. The summed E-state index contributed by atoms with van der Waals surface area (Å²) < 4.78 is 6.99. The van der Waals surface area contributed by atoms with Gasteiger partial charge in [-0.05, 0) is 59.1 Å². The van der Waals surface area contributed by atoms with E-state index >= 15 is 0 Å². The molecule has 0 amide bonds. The van der Waals surface area contributed by atoms with Crippen molar-refractivity contribution < 1.29 is 9.66 Å². The van der Waals surface area contributed by atoms with E-state index < -0.39 is 4.92 Å². The molecule has 0 bridgehead atoms. The van der Waals surface area contributed by atoms with Crippen LogP contribution in [0.5, 0.6) is 10.9 Å². The van der Waals surface area contributed by atoms with Crippen LogP contribution in [0, 0.1) is 10.1 Å². The van der Waals surface area contributed by atoms with E-state index in [1.807, 2.05) is 0 Å². The molecule has 0 aliphatic heterocycles. The van der Waals surface area contributed by atoms with Gasteiger partial charge in [0, 0.05) is 12.1 Å². The summed E-state index contributed by atoms with van der Waals surface area (Å²) in [4.78, 5) is 10.2. The van der Waals surface area contributed by atoms with Gasteiger partial charge in [0.25, 0.3) is 10.9 Å². The molecule has 0 unspecified atom stereocenters. The Balaban J connectivity index is 2.37. The smallest absolute Gasteiger partial charge is 0.300 e. The van der Waals surface area contributed by atoms with Gasteiger partial charge in [-0.2, -0.15) is 0 Å². The van der Waals surface area contributed by atoms with E-state index in [9.17, 15) is 10.1 Å². The summed E-state index contributed by atoms with van der Waals surface area (Å²) in [5.74, 6) is 0.407. The van der Waals surface area contributed by atoms with Gasteiger partial charge in [0.05, 0.1) is 13.9 Å². The van der Waals surface area contributed by atoms with Gasteiger partial charge in [-0.25, -0.2) is 0 Å². The summed E-state index contributed by atoms with van der Waals surface area (Å²) in [6, 6.07) is 2.71. The second kappa shape index (κ2) is 5.59. The molecule has 18 heavy (non-hydrogen) atoms. The molecule has 0 aliphatic rings. The number of rotatable bonds is 3. The van der Waals surface area contributed by atoms with Gasteiger partial charge in [0.1, 0.15) is 0 Å². The number of nitro groups is 1. The van der Waals surface area contributed by atoms with Gasteiger partial charge >= 0.3 is 0 Å². The minimum absolute atomic E-state index is 0.0421. The van der Waals surface area contributed by atoms with Crippen LogP contribution in [0.4, 0.5) is 5.69 Å². The molecule has 2 aromatic rings. The van der Waals surface area contributed by atoms with Crippen molar-refractivity contribution in [2.24, 2.45) is 0 Å². The number of ether oxygens (including phenoxy) is 1. The third-order valence-electron chi connectivity index (χ3n) is 1.77. The fraction of sp³-hybridized carbons (Fsp3) is 0. The average molecular weight is 460 g/mol. The monoisotopic (exact) mass is 457 g/mol. The third kappa shape index (κ3) is 3.05. The van der Waals surface area contributed by atoms with Crippen molar-refractivity contribution in [2.75, 3.05) is 0 Å². The highest BCUT2D eigenvalue weighted by atomic mass is 79.9. The van der Waals surface area contributed by atoms with Gasteiger partial charge in [-0.1, -0.05) is 5.10 Å². The number of hydrogen-bond acceptors (Lipinski definition) is 6. The SMILES string of the molecule is O=[N+]([O-])c1cc(Br)c(Oc2nnc(Br)s2)c(Br)c1. The number of nitrogens with zero attached hydrogens (tertiary/aromatic N) is 3. The Labute approximate surface area is 130 Å². The molecular formula is C8H2Br3N3O3S. The zero-order valence-corrected chi connectivity index (χ0v) is 13.8. The maximum absolute atomic E-state index is 10.7. The van der Waals surface area contributed by atoms with Crippen LogP contribution in [-0.2, 0) is 0 Å². The molecule has 0 atom stereocenters. The third-order valence-corrected chi connectivity index (χ3v) is 4.18. The largest absolute Gasteiger partial charge is 0.427 e. The maximum atomic E-state index is 10.7. The number of halogens is 3. The van der Waals surface area contributed by atoms with Crippen molar-refractivity contribution in [3.63, 3.8) is 0 Å². The van der Waals surface area contributed by atoms with Gasteiger partial charge in [0.15, 0.2) is 9.67 Å². The highest BCUT2D eigenvalue weighted by Gasteiger charge is 2.17. The van der Waals surface area contributed by atoms with Crippen LogP contribution in [-0.4, -0.2) is 15.1 Å². The Morgan fingerprint density at radius 3 is 2.28 bits per heavy atom. The lowest BCUT2D eigenvalue weighted by molar-refractivity contribution is -0.385. The Morgan fingerprint density at radius 1 is 1.22 bits per heavy atom. The second-order valence-electron chi connectivity index (χ2n) is 2.92. The first-order valence-electron chi connectivity index (χ1n) is 4.27. The Bertz CT molecular complexity index is 596. The zero-order valence-electron chi connectivity index (χ0n) is 8.26. The lowest BCUT2D eigenvalue weighted by atomic mass is 10.3. The highest BCUT2D eigenvalue weighted by Crippen LogP contribution is 2.40. The molecule has 0 N–H and O–H groups in total. The summed E-state index contributed by atoms with van der Waals surface area (Å²) in [5, 5.41) is 18.5. The molecule has 1 heterocycles. The summed E-state index contributed by atoms with van der Waals surface area (Å²) >= 11 is 10.8. The normalized spacial score (nSPS) is 10.4. The topological polar surface area (TPSA) is 78.2 Å². The standard InChI is InChI=1S/C8H2Br3N3O3S/c9-4-1-3(14(15)16)2-5(10)6(4)17-8-13-12-7(11)18-8/h1-2H. The van der Waals surface area contributed by atoms with Crippen molar-refractivity contribution in [3.05, 3.63) is 35.1 Å². The number of benzene rings is 1. The quantitative estimate of drug-likeness (QED) is 0.498. The molecule has 6 nitrogen and oxygen atoms in total. The first kappa shape index (κ1) is 13.8. The molecule has 10 heteroatoms. The average Bonchev–Trinajstić information content (AvgIpc) is 2.69. The van der Waals surface area contributed by atoms with Gasteiger partial charge in [0.2, 0.25) is 0 Å². The summed E-state index contributed by atoms with van der Waals surface area (Å²) in [5.41, 5.74) is -0.0421. The molecule has 94 valence electrons. The molecular weight excluding hydrogens is 458 g/mol. The van der Waals surface area contributed by atoms with E-state index in [-0.39, 0.29) is 5.69 Å². The lowest BCUT2D eigenvalue weighted by Crippen LogP contribution is -1.91. The summed E-state index contributed by atoms with van der Waals surface area (Å²) in [6.45, 7) is 0. The molecule has 0 spiro atoms.